The number of benzene rings is 2. The van der Waals surface area contributed by atoms with Crippen LogP contribution in [-0.2, 0) is 17.8 Å². The lowest BCUT2D eigenvalue weighted by Gasteiger charge is -2.10. The van der Waals surface area contributed by atoms with Gasteiger partial charge in [0.15, 0.2) is 0 Å². The van der Waals surface area contributed by atoms with E-state index in [1.54, 1.807) is 16.7 Å². The fraction of sp³-hybridized carbons (Fsp3) is 0.150. The van der Waals surface area contributed by atoms with Gasteiger partial charge in [-0.05, 0) is 24.3 Å². The Bertz CT molecular complexity index is 1120. The van der Waals surface area contributed by atoms with Crippen molar-refractivity contribution in [2.45, 2.75) is 19.9 Å². The molecule has 0 fully saturated rings. The highest BCUT2D eigenvalue weighted by molar-refractivity contribution is 5.93. The standard InChI is InChI=1S/C20H17FN4O2/c1-2-19-23-24-20(27-19)17-11-13-7-3-6-10-16(13)25(17)12-18(26)22-15-9-5-4-8-14(15)21/h3-11H,2,12H2,1H3,(H,22,26). The van der Waals surface area contributed by atoms with Gasteiger partial charge in [0.05, 0.1) is 5.69 Å². The van der Waals surface area contributed by atoms with E-state index < -0.39 is 5.82 Å². The molecular formula is C20H17FN4O2. The van der Waals surface area contributed by atoms with Gasteiger partial charge in [-0.3, -0.25) is 4.79 Å². The summed E-state index contributed by atoms with van der Waals surface area (Å²) in [6.45, 7) is 1.91. The van der Waals surface area contributed by atoms with E-state index in [1.807, 2.05) is 37.3 Å². The van der Waals surface area contributed by atoms with Crippen LogP contribution in [0.3, 0.4) is 0 Å². The van der Waals surface area contributed by atoms with Gasteiger partial charge in [-0.25, -0.2) is 4.39 Å². The van der Waals surface area contributed by atoms with Crippen LogP contribution in [0.1, 0.15) is 12.8 Å². The molecule has 2 aromatic heterocycles. The third kappa shape index (κ3) is 3.31. The number of rotatable bonds is 5. The van der Waals surface area contributed by atoms with Crippen molar-refractivity contribution in [3.05, 3.63) is 66.3 Å². The number of hydrogen-bond donors (Lipinski definition) is 1. The van der Waals surface area contributed by atoms with Crippen LogP contribution in [0.4, 0.5) is 10.1 Å². The smallest absolute Gasteiger partial charge is 0.264 e. The second kappa shape index (κ2) is 7.03. The Kier molecular flexibility index (Phi) is 4.42. The highest BCUT2D eigenvalue weighted by atomic mass is 19.1. The number of hydrogen-bond acceptors (Lipinski definition) is 4. The largest absolute Gasteiger partial charge is 0.419 e. The number of carbonyl (C=O) groups excluding carboxylic acids is 1. The predicted molar refractivity (Wildman–Crippen MR) is 99.6 cm³/mol. The molecule has 0 aliphatic rings. The number of aryl methyl sites for hydroxylation is 1. The van der Waals surface area contributed by atoms with Crippen molar-refractivity contribution in [2.75, 3.05) is 5.32 Å². The molecule has 7 heteroatoms. The number of nitrogens with zero attached hydrogens (tertiary/aromatic N) is 3. The Labute approximate surface area is 154 Å². The summed E-state index contributed by atoms with van der Waals surface area (Å²) >= 11 is 0. The van der Waals surface area contributed by atoms with E-state index in [0.717, 1.165) is 10.9 Å². The van der Waals surface area contributed by atoms with Crippen molar-refractivity contribution >= 4 is 22.5 Å². The molecule has 1 amide bonds. The minimum absolute atomic E-state index is 0.0129. The molecule has 4 rings (SSSR count). The molecule has 136 valence electrons. The lowest BCUT2D eigenvalue weighted by molar-refractivity contribution is -0.116. The van der Waals surface area contributed by atoms with E-state index in [9.17, 15) is 9.18 Å². The van der Waals surface area contributed by atoms with Crippen LogP contribution >= 0.6 is 0 Å². The number of fused-ring (bicyclic) bond motifs is 1. The molecule has 0 aliphatic carbocycles. The molecule has 4 aromatic rings. The zero-order chi connectivity index (χ0) is 18.8. The lowest BCUT2D eigenvalue weighted by Crippen LogP contribution is -2.19. The van der Waals surface area contributed by atoms with Gasteiger partial charge < -0.3 is 14.3 Å². The first kappa shape index (κ1) is 17.0. The van der Waals surface area contributed by atoms with E-state index >= 15 is 0 Å². The summed E-state index contributed by atoms with van der Waals surface area (Å²) in [6.07, 6.45) is 0.626. The van der Waals surface area contributed by atoms with Crippen LogP contribution in [-0.4, -0.2) is 20.7 Å². The number of aromatic nitrogens is 3. The maximum atomic E-state index is 13.8. The number of halogens is 1. The quantitative estimate of drug-likeness (QED) is 0.580. The van der Waals surface area contributed by atoms with Gasteiger partial charge in [0.2, 0.25) is 11.8 Å². The topological polar surface area (TPSA) is 73.0 Å². The molecule has 0 atom stereocenters. The molecule has 27 heavy (non-hydrogen) atoms. The number of nitrogens with one attached hydrogen (secondary N) is 1. The molecule has 0 saturated carbocycles. The molecule has 6 nitrogen and oxygen atoms in total. The second-order valence-electron chi connectivity index (χ2n) is 6.06. The zero-order valence-corrected chi connectivity index (χ0v) is 14.6. The maximum Gasteiger partial charge on any atom is 0.264 e. The molecular weight excluding hydrogens is 347 g/mol. The van der Waals surface area contributed by atoms with Crippen molar-refractivity contribution in [1.82, 2.24) is 14.8 Å². The Balaban J connectivity index is 1.70. The summed E-state index contributed by atoms with van der Waals surface area (Å²) in [5, 5.41) is 11.6. The summed E-state index contributed by atoms with van der Waals surface area (Å²) in [5.74, 6) is 0.0465. The van der Waals surface area contributed by atoms with E-state index in [2.05, 4.69) is 15.5 Å². The summed E-state index contributed by atoms with van der Waals surface area (Å²) in [5.41, 5.74) is 1.64. The summed E-state index contributed by atoms with van der Waals surface area (Å²) in [4.78, 5) is 12.6. The Morgan fingerprint density at radius 2 is 1.93 bits per heavy atom. The van der Waals surface area contributed by atoms with E-state index in [-0.39, 0.29) is 18.1 Å². The molecule has 0 bridgehead atoms. The third-order valence-electron chi connectivity index (χ3n) is 4.25. The van der Waals surface area contributed by atoms with Gasteiger partial charge in [0, 0.05) is 17.3 Å². The van der Waals surface area contributed by atoms with Gasteiger partial charge in [-0.1, -0.05) is 37.3 Å². The molecule has 0 unspecified atom stereocenters. The summed E-state index contributed by atoms with van der Waals surface area (Å²) in [7, 11) is 0. The van der Waals surface area contributed by atoms with Crippen LogP contribution in [0, 0.1) is 5.82 Å². The zero-order valence-electron chi connectivity index (χ0n) is 14.6. The van der Waals surface area contributed by atoms with Gasteiger partial charge in [0.25, 0.3) is 5.89 Å². The van der Waals surface area contributed by atoms with Crippen LogP contribution in [0.2, 0.25) is 0 Å². The average molecular weight is 364 g/mol. The molecule has 0 aliphatic heterocycles. The minimum Gasteiger partial charge on any atom is -0.419 e. The monoisotopic (exact) mass is 364 g/mol. The fourth-order valence-corrected chi connectivity index (χ4v) is 2.95. The lowest BCUT2D eigenvalue weighted by atomic mass is 10.2. The van der Waals surface area contributed by atoms with Gasteiger partial charge >= 0.3 is 0 Å². The highest BCUT2D eigenvalue weighted by Gasteiger charge is 2.18. The number of amides is 1. The molecule has 2 heterocycles. The second-order valence-corrected chi connectivity index (χ2v) is 6.06. The predicted octanol–water partition coefficient (Wildman–Crippen LogP) is 4.03. The molecule has 0 saturated heterocycles. The van der Waals surface area contributed by atoms with Crippen LogP contribution in [0.15, 0.2) is 59.0 Å². The molecule has 1 N–H and O–H groups in total. The Morgan fingerprint density at radius 3 is 2.70 bits per heavy atom. The number of anilines is 1. The summed E-state index contributed by atoms with van der Waals surface area (Å²) in [6, 6.07) is 15.6. The van der Waals surface area contributed by atoms with Gasteiger partial charge in [-0.15, -0.1) is 10.2 Å². The van der Waals surface area contributed by atoms with Crippen molar-refractivity contribution in [2.24, 2.45) is 0 Å². The first-order chi connectivity index (χ1) is 13.2. The fourth-order valence-electron chi connectivity index (χ4n) is 2.95. The van der Waals surface area contributed by atoms with E-state index in [4.69, 9.17) is 4.42 Å². The number of para-hydroxylation sites is 2. The maximum absolute atomic E-state index is 13.8. The highest BCUT2D eigenvalue weighted by Crippen LogP contribution is 2.27. The van der Waals surface area contributed by atoms with Crippen LogP contribution in [0.25, 0.3) is 22.5 Å². The number of carbonyl (C=O) groups is 1. The third-order valence-corrected chi connectivity index (χ3v) is 4.25. The van der Waals surface area contributed by atoms with Gasteiger partial charge in [0.1, 0.15) is 18.1 Å². The van der Waals surface area contributed by atoms with Gasteiger partial charge in [-0.2, -0.15) is 0 Å². The first-order valence-electron chi connectivity index (χ1n) is 8.61. The Hall–Kier alpha value is -3.48. The molecule has 2 aromatic carbocycles. The van der Waals surface area contributed by atoms with Crippen LogP contribution in [0.5, 0.6) is 0 Å². The van der Waals surface area contributed by atoms with Crippen molar-refractivity contribution in [3.8, 4) is 11.6 Å². The van der Waals surface area contributed by atoms with E-state index in [1.165, 1.54) is 12.1 Å². The van der Waals surface area contributed by atoms with Crippen LogP contribution < -0.4 is 5.32 Å². The average Bonchev–Trinajstić information content (AvgIpc) is 3.28. The van der Waals surface area contributed by atoms with Crippen molar-refractivity contribution < 1.29 is 13.6 Å². The molecule has 0 spiro atoms. The summed E-state index contributed by atoms with van der Waals surface area (Å²) < 4.78 is 21.3. The SMILES string of the molecule is CCc1nnc(-c2cc3ccccc3n2CC(=O)Nc2ccccc2F)o1. The Morgan fingerprint density at radius 1 is 1.15 bits per heavy atom. The van der Waals surface area contributed by atoms with Crippen molar-refractivity contribution in [3.63, 3.8) is 0 Å². The normalized spacial score (nSPS) is 11.0. The van der Waals surface area contributed by atoms with Crippen molar-refractivity contribution in [1.29, 1.82) is 0 Å². The first-order valence-corrected chi connectivity index (χ1v) is 8.61. The minimum atomic E-state index is -0.479. The molecule has 0 radical (unpaired) electrons. The van der Waals surface area contributed by atoms with E-state index in [0.29, 0.717) is 23.9 Å².